The van der Waals surface area contributed by atoms with Crippen molar-refractivity contribution in [3.8, 4) is 5.75 Å². The van der Waals surface area contributed by atoms with E-state index in [0.717, 1.165) is 0 Å². The number of nitrogens with two attached hydrogens (primary N) is 1. The fraction of sp³-hybridized carbons (Fsp3) is 0.214. The fourth-order valence-corrected chi connectivity index (χ4v) is 1.98. The molecular weight excluding hydrogens is 275 g/mol. The third-order valence-corrected chi connectivity index (χ3v) is 2.96. The number of carbonyl (C=O) groups is 1. The van der Waals surface area contributed by atoms with Gasteiger partial charge in [-0.1, -0.05) is 6.07 Å². The van der Waals surface area contributed by atoms with E-state index in [1.807, 2.05) is 0 Å². The van der Waals surface area contributed by atoms with E-state index in [2.05, 4.69) is 15.3 Å². The van der Waals surface area contributed by atoms with Gasteiger partial charge in [0.2, 0.25) is 0 Å². The van der Waals surface area contributed by atoms with Crippen molar-refractivity contribution < 1.29 is 13.9 Å². The molecule has 0 bridgehead atoms. The van der Waals surface area contributed by atoms with Crippen LogP contribution in [-0.4, -0.2) is 23.0 Å². The molecule has 0 radical (unpaired) electrons. The predicted molar refractivity (Wildman–Crippen MR) is 75.3 cm³/mol. The van der Waals surface area contributed by atoms with Crippen LogP contribution in [0.15, 0.2) is 30.6 Å². The standard InChI is InChI=1S/C14H15FN4O2/c1-8(11-9(15)4-3-5-10(11)21-2)19-14(20)12-13(16)18-7-6-17-12/h3-8H,1-2H3,(H2,16,18)(H,19,20)/t8-/m0/s1. The molecule has 110 valence electrons. The lowest BCUT2D eigenvalue weighted by atomic mass is 10.1. The van der Waals surface area contributed by atoms with Gasteiger partial charge in [0.1, 0.15) is 11.6 Å². The molecular formula is C14H15FN4O2. The second-order valence-electron chi connectivity index (χ2n) is 4.34. The minimum absolute atomic E-state index is 0.000318. The Morgan fingerprint density at radius 3 is 2.76 bits per heavy atom. The molecule has 1 amide bonds. The molecule has 7 heteroatoms. The quantitative estimate of drug-likeness (QED) is 0.894. The summed E-state index contributed by atoms with van der Waals surface area (Å²) in [5.74, 6) is -0.620. The number of anilines is 1. The topological polar surface area (TPSA) is 90.1 Å². The summed E-state index contributed by atoms with van der Waals surface area (Å²) in [6.07, 6.45) is 2.75. The molecule has 0 saturated carbocycles. The van der Waals surface area contributed by atoms with E-state index < -0.39 is 17.8 Å². The lowest BCUT2D eigenvalue weighted by Gasteiger charge is -2.18. The van der Waals surface area contributed by atoms with Crippen molar-refractivity contribution in [2.24, 2.45) is 0 Å². The smallest absolute Gasteiger partial charge is 0.274 e. The summed E-state index contributed by atoms with van der Waals surface area (Å²) in [4.78, 5) is 19.8. The Bertz CT molecular complexity index is 663. The zero-order valence-corrected chi connectivity index (χ0v) is 11.6. The summed E-state index contributed by atoms with van der Waals surface area (Å²) < 4.78 is 19.1. The summed E-state index contributed by atoms with van der Waals surface area (Å²) >= 11 is 0. The maximum Gasteiger partial charge on any atom is 0.274 e. The van der Waals surface area contributed by atoms with Crippen molar-refractivity contribution >= 4 is 11.7 Å². The van der Waals surface area contributed by atoms with Gasteiger partial charge in [-0.25, -0.2) is 14.4 Å². The van der Waals surface area contributed by atoms with Crippen molar-refractivity contribution in [2.45, 2.75) is 13.0 Å². The maximum absolute atomic E-state index is 13.9. The highest BCUT2D eigenvalue weighted by Gasteiger charge is 2.20. The molecule has 0 unspecified atom stereocenters. The lowest BCUT2D eigenvalue weighted by Crippen LogP contribution is -2.29. The fourth-order valence-electron chi connectivity index (χ4n) is 1.98. The SMILES string of the molecule is COc1cccc(F)c1[C@H](C)NC(=O)c1nccnc1N. The van der Waals surface area contributed by atoms with E-state index >= 15 is 0 Å². The number of aromatic nitrogens is 2. The van der Waals surface area contributed by atoms with Crippen LogP contribution in [0.2, 0.25) is 0 Å². The largest absolute Gasteiger partial charge is 0.496 e. The first-order valence-corrected chi connectivity index (χ1v) is 6.24. The van der Waals surface area contributed by atoms with Crippen molar-refractivity contribution in [3.05, 3.63) is 47.7 Å². The number of nitrogen functional groups attached to an aromatic ring is 1. The molecule has 1 atom stereocenters. The van der Waals surface area contributed by atoms with Gasteiger partial charge in [0.05, 0.1) is 18.7 Å². The second kappa shape index (κ2) is 6.17. The Hall–Kier alpha value is -2.70. The van der Waals surface area contributed by atoms with Crippen LogP contribution in [0.25, 0.3) is 0 Å². The molecule has 0 saturated heterocycles. The van der Waals surface area contributed by atoms with Crippen LogP contribution in [-0.2, 0) is 0 Å². The summed E-state index contributed by atoms with van der Waals surface area (Å²) in [6, 6.07) is 3.84. The Balaban J connectivity index is 2.25. The Labute approximate surface area is 121 Å². The van der Waals surface area contributed by atoms with Gasteiger partial charge in [0.15, 0.2) is 11.5 Å². The van der Waals surface area contributed by atoms with Gasteiger partial charge in [-0.3, -0.25) is 4.79 Å². The number of methoxy groups -OCH3 is 1. The third-order valence-electron chi connectivity index (χ3n) is 2.96. The molecule has 6 nitrogen and oxygen atoms in total. The minimum atomic E-state index is -0.616. The van der Waals surface area contributed by atoms with Crippen molar-refractivity contribution in [2.75, 3.05) is 12.8 Å². The number of ether oxygens (including phenoxy) is 1. The molecule has 0 aliphatic rings. The molecule has 1 aromatic heterocycles. The van der Waals surface area contributed by atoms with E-state index in [1.165, 1.54) is 31.6 Å². The first kappa shape index (κ1) is 14.7. The highest BCUT2D eigenvalue weighted by molar-refractivity contribution is 5.96. The molecule has 2 aromatic rings. The van der Waals surface area contributed by atoms with Crippen molar-refractivity contribution in [1.29, 1.82) is 0 Å². The number of nitrogens with one attached hydrogen (secondary N) is 1. The minimum Gasteiger partial charge on any atom is -0.496 e. The predicted octanol–water partition coefficient (Wildman–Crippen LogP) is 1.70. The molecule has 0 fully saturated rings. The molecule has 1 heterocycles. The van der Waals surface area contributed by atoms with E-state index in [0.29, 0.717) is 5.75 Å². The third kappa shape index (κ3) is 3.07. The van der Waals surface area contributed by atoms with E-state index in [1.54, 1.807) is 13.0 Å². The van der Waals surface area contributed by atoms with Crippen LogP contribution in [0.4, 0.5) is 10.2 Å². The molecule has 0 aliphatic carbocycles. The van der Waals surface area contributed by atoms with Crippen LogP contribution in [0.3, 0.4) is 0 Å². The Morgan fingerprint density at radius 1 is 1.38 bits per heavy atom. The summed E-state index contributed by atoms with van der Waals surface area (Å²) in [6.45, 7) is 1.64. The van der Waals surface area contributed by atoms with Gasteiger partial charge >= 0.3 is 0 Å². The lowest BCUT2D eigenvalue weighted by molar-refractivity contribution is 0.0934. The summed E-state index contributed by atoms with van der Waals surface area (Å²) in [5, 5.41) is 2.63. The molecule has 2 rings (SSSR count). The summed E-state index contributed by atoms with van der Waals surface area (Å²) in [7, 11) is 1.44. The van der Waals surface area contributed by atoms with Gasteiger partial charge in [-0.15, -0.1) is 0 Å². The number of hydrogen-bond acceptors (Lipinski definition) is 5. The first-order valence-electron chi connectivity index (χ1n) is 6.24. The zero-order valence-electron chi connectivity index (χ0n) is 11.6. The van der Waals surface area contributed by atoms with E-state index in [-0.39, 0.29) is 17.1 Å². The Kier molecular flexibility index (Phi) is 4.32. The number of nitrogens with zero attached hydrogens (tertiary/aromatic N) is 2. The molecule has 0 aliphatic heterocycles. The number of benzene rings is 1. The summed E-state index contributed by atoms with van der Waals surface area (Å²) in [5.41, 5.74) is 5.85. The highest BCUT2D eigenvalue weighted by atomic mass is 19.1. The van der Waals surface area contributed by atoms with E-state index in [4.69, 9.17) is 10.5 Å². The number of halogens is 1. The monoisotopic (exact) mass is 290 g/mol. The average Bonchev–Trinajstić information content (AvgIpc) is 2.46. The van der Waals surface area contributed by atoms with Gasteiger partial charge in [-0.2, -0.15) is 0 Å². The van der Waals surface area contributed by atoms with E-state index in [9.17, 15) is 9.18 Å². The van der Waals surface area contributed by atoms with Crippen LogP contribution < -0.4 is 15.8 Å². The van der Waals surface area contributed by atoms with Gasteiger partial charge in [0, 0.05) is 12.4 Å². The van der Waals surface area contributed by atoms with Gasteiger partial charge < -0.3 is 15.8 Å². The van der Waals surface area contributed by atoms with Gasteiger partial charge in [-0.05, 0) is 19.1 Å². The van der Waals surface area contributed by atoms with Gasteiger partial charge in [0.25, 0.3) is 5.91 Å². The number of amides is 1. The second-order valence-corrected chi connectivity index (χ2v) is 4.34. The maximum atomic E-state index is 13.9. The molecule has 1 aromatic carbocycles. The van der Waals surface area contributed by atoms with Crippen LogP contribution >= 0.6 is 0 Å². The zero-order chi connectivity index (χ0) is 15.4. The normalized spacial score (nSPS) is 11.8. The van der Waals surface area contributed by atoms with Crippen LogP contribution in [0, 0.1) is 5.82 Å². The molecule has 3 N–H and O–H groups in total. The number of carbonyl (C=O) groups excluding carboxylic acids is 1. The average molecular weight is 290 g/mol. The first-order chi connectivity index (χ1) is 10.0. The molecule has 21 heavy (non-hydrogen) atoms. The highest BCUT2D eigenvalue weighted by Crippen LogP contribution is 2.27. The van der Waals surface area contributed by atoms with Crippen molar-refractivity contribution in [3.63, 3.8) is 0 Å². The number of rotatable bonds is 4. The van der Waals surface area contributed by atoms with Crippen LogP contribution in [0.5, 0.6) is 5.75 Å². The van der Waals surface area contributed by atoms with Crippen molar-refractivity contribution in [1.82, 2.24) is 15.3 Å². The Morgan fingerprint density at radius 2 is 2.10 bits per heavy atom. The van der Waals surface area contributed by atoms with Crippen LogP contribution in [0.1, 0.15) is 29.0 Å². The number of hydrogen-bond donors (Lipinski definition) is 2. The molecule has 0 spiro atoms.